The van der Waals surface area contributed by atoms with Gasteiger partial charge >= 0.3 is 0 Å². The molecule has 0 spiro atoms. The average Bonchev–Trinajstić information content (AvgIpc) is 3.03. The van der Waals surface area contributed by atoms with Crippen LogP contribution in [-0.4, -0.2) is 22.7 Å². The number of aromatic hydroxyl groups is 1. The second-order valence-electron chi connectivity index (χ2n) is 5.22. The number of benzene rings is 1. The summed E-state index contributed by atoms with van der Waals surface area (Å²) in [5.41, 5.74) is 0.977. The molecule has 1 aliphatic heterocycles. The zero-order valence-corrected chi connectivity index (χ0v) is 13.6. The summed E-state index contributed by atoms with van der Waals surface area (Å²) < 4.78 is 6.77. The largest absolute Gasteiger partial charge is 0.508 e. The van der Waals surface area contributed by atoms with E-state index in [0.717, 1.165) is 23.0 Å². The van der Waals surface area contributed by atoms with E-state index in [0.29, 0.717) is 17.5 Å². The van der Waals surface area contributed by atoms with E-state index in [4.69, 9.17) is 4.74 Å². The lowest BCUT2D eigenvalue weighted by Crippen LogP contribution is -2.18. The van der Waals surface area contributed by atoms with Gasteiger partial charge in [0.2, 0.25) is 0 Å². The van der Waals surface area contributed by atoms with Crippen LogP contribution in [0.1, 0.15) is 18.4 Å². The van der Waals surface area contributed by atoms with Crippen LogP contribution in [0.3, 0.4) is 0 Å². The van der Waals surface area contributed by atoms with Gasteiger partial charge in [-0.05, 0) is 49.7 Å². The van der Waals surface area contributed by atoms with Gasteiger partial charge in [0.15, 0.2) is 0 Å². The lowest BCUT2D eigenvalue weighted by atomic mass is 10.1. The van der Waals surface area contributed by atoms with E-state index in [1.54, 1.807) is 36.7 Å². The molecule has 2 heterocycles. The first-order chi connectivity index (χ1) is 10.7. The number of phenolic OH excluding ortho intramolecular Hbond substituents is 1. The van der Waals surface area contributed by atoms with E-state index in [-0.39, 0.29) is 5.75 Å². The highest BCUT2D eigenvalue weighted by molar-refractivity contribution is 9.15. The molecule has 2 N–H and O–H groups in total. The molecule has 0 saturated carbocycles. The fourth-order valence-corrected chi connectivity index (χ4v) is 2.92. The molecule has 1 saturated heterocycles. The first-order valence-electron chi connectivity index (χ1n) is 7.24. The summed E-state index contributed by atoms with van der Waals surface area (Å²) in [5.74, 6) is 1.54. The molecule has 0 bridgehead atoms. The Kier molecular flexibility index (Phi) is 4.75. The lowest BCUT2D eigenvalue weighted by molar-refractivity contribution is 0.463. The highest BCUT2D eigenvalue weighted by Gasteiger charge is 2.12. The third kappa shape index (κ3) is 3.87. The van der Waals surface area contributed by atoms with Crippen molar-refractivity contribution >= 4 is 20.4 Å². The highest BCUT2D eigenvalue weighted by atomic mass is 79.9. The molecule has 0 amide bonds. The second kappa shape index (κ2) is 6.94. The molecule has 1 aliphatic rings. The topological polar surface area (TPSA) is 54.4 Å². The highest BCUT2D eigenvalue weighted by Crippen LogP contribution is 2.28. The van der Waals surface area contributed by atoms with Crippen LogP contribution in [0.2, 0.25) is 0 Å². The molecule has 22 heavy (non-hydrogen) atoms. The fraction of sp³-hybridized carbons (Fsp3) is 0.235. The van der Waals surface area contributed by atoms with E-state index in [2.05, 4.69) is 32.3 Å². The van der Waals surface area contributed by atoms with Gasteiger partial charge in [0, 0.05) is 22.3 Å². The van der Waals surface area contributed by atoms with Gasteiger partial charge in [-0.15, -0.1) is 0 Å². The molecule has 114 valence electrons. The summed E-state index contributed by atoms with van der Waals surface area (Å²) in [7, 11) is 0. The fourth-order valence-electron chi connectivity index (χ4n) is 2.38. The van der Waals surface area contributed by atoms with E-state index in [1.807, 2.05) is 6.07 Å². The molecular formula is C17H17BrN2O2. The lowest BCUT2D eigenvalue weighted by Gasteiger charge is -2.09. The Balaban J connectivity index is 1.75. The van der Waals surface area contributed by atoms with Crippen LogP contribution in [0.4, 0.5) is 0 Å². The summed E-state index contributed by atoms with van der Waals surface area (Å²) in [6.07, 6.45) is 8.02. The Morgan fingerprint density at radius 1 is 1.27 bits per heavy atom. The second-order valence-corrected chi connectivity index (χ2v) is 6.08. The number of pyridine rings is 1. The molecule has 4 nitrogen and oxygen atoms in total. The predicted octanol–water partition coefficient (Wildman–Crippen LogP) is 4.07. The van der Waals surface area contributed by atoms with Crippen LogP contribution in [0.15, 0.2) is 48.8 Å². The SMILES string of the molecule is Oc1ccc(Oc2cncc(C(Br)=C[C@@H]3CCCN3)c2)cc1. The van der Waals surface area contributed by atoms with Crippen molar-refractivity contribution in [3.63, 3.8) is 0 Å². The minimum atomic E-state index is 0.217. The van der Waals surface area contributed by atoms with Gasteiger partial charge < -0.3 is 15.2 Å². The van der Waals surface area contributed by atoms with Crippen molar-refractivity contribution in [1.29, 1.82) is 0 Å². The summed E-state index contributed by atoms with van der Waals surface area (Å²) in [4.78, 5) is 4.23. The number of ether oxygens (including phenoxy) is 1. The van der Waals surface area contributed by atoms with Crippen molar-refractivity contribution in [3.05, 3.63) is 54.4 Å². The van der Waals surface area contributed by atoms with Crippen LogP contribution < -0.4 is 10.1 Å². The summed E-state index contributed by atoms with van der Waals surface area (Å²) in [5, 5.41) is 12.7. The summed E-state index contributed by atoms with van der Waals surface area (Å²) in [6.45, 7) is 1.07. The van der Waals surface area contributed by atoms with Gasteiger partial charge in [-0.1, -0.05) is 22.0 Å². The van der Waals surface area contributed by atoms with E-state index in [1.165, 1.54) is 6.42 Å². The van der Waals surface area contributed by atoms with Crippen molar-refractivity contribution in [2.45, 2.75) is 18.9 Å². The molecule has 1 fully saturated rings. The normalized spacial score (nSPS) is 18.4. The summed E-state index contributed by atoms with van der Waals surface area (Å²) in [6, 6.07) is 8.97. The molecule has 3 rings (SSSR count). The number of nitrogens with zero attached hydrogens (tertiary/aromatic N) is 1. The van der Waals surface area contributed by atoms with Gasteiger partial charge in [0.1, 0.15) is 17.2 Å². The quantitative estimate of drug-likeness (QED) is 0.862. The van der Waals surface area contributed by atoms with Crippen molar-refractivity contribution in [3.8, 4) is 17.2 Å². The third-order valence-corrected chi connectivity index (χ3v) is 4.23. The average molecular weight is 361 g/mol. The van der Waals surface area contributed by atoms with E-state index >= 15 is 0 Å². The molecule has 0 unspecified atom stereocenters. The van der Waals surface area contributed by atoms with Crippen molar-refractivity contribution < 1.29 is 9.84 Å². The number of aromatic nitrogens is 1. The predicted molar refractivity (Wildman–Crippen MR) is 90.3 cm³/mol. The Labute approximate surface area is 138 Å². The Bertz CT molecular complexity index is 665. The van der Waals surface area contributed by atoms with Crippen LogP contribution in [0.25, 0.3) is 4.48 Å². The van der Waals surface area contributed by atoms with E-state index in [9.17, 15) is 5.11 Å². The Morgan fingerprint density at radius 2 is 2.09 bits per heavy atom. The first kappa shape index (κ1) is 15.1. The molecular weight excluding hydrogens is 344 g/mol. The van der Waals surface area contributed by atoms with Gasteiger partial charge in [-0.2, -0.15) is 0 Å². The third-order valence-electron chi connectivity index (χ3n) is 3.51. The first-order valence-corrected chi connectivity index (χ1v) is 8.03. The molecule has 5 heteroatoms. The maximum atomic E-state index is 9.29. The molecule has 1 aromatic heterocycles. The molecule has 2 aromatic rings. The van der Waals surface area contributed by atoms with Gasteiger partial charge in [0.25, 0.3) is 0 Å². The standard InChI is InChI=1S/C17H17BrN2O2/c18-17(9-13-2-1-7-20-13)12-8-16(11-19-10-12)22-15-5-3-14(21)4-6-15/h3-6,8-11,13,20-21H,1-2,7H2/t13-/m0/s1. The number of nitrogens with one attached hydrogen (secondary N) is 1. The van der Waals surface area contributed by atoms with Crippen LogP contribution in [-0.2, 0) is 0 Å². The maximum absolute atomic E-state index is 9.29. The monoisotopic (exact) mass is 360 g/mol. The Hall–Kier alpha value is -1.85. The van der Waals surface area contributed by atoms with Crippen molar-refractivity contribution in [2.24, 2.45) is 0 Å². The number of halogens is 1. The maximum Gasteiger partial charge on any atom is 0.146 e. The number of hydrogen-bond acceptors (Lipinski definition) is 4. The van der Waals surface area contributed by atoms with Crippen LogP contribution in [0.5, 0.6) is 17.2 Å². The van der Waals surface area contributed by atoms with Gasteiger partial charge in [-0.3, -0.25) is 4.98 Å². The number of hydrogen-bond donors (Lipinski definition) is 2. The zero-order chi connectivity index (χ0) is 15.4. The minimum absolute atomic E-state index is 0.217. The van der Waals surface area contributed by atoms with E-state index < -0.39 is 0 Å². The molecule has 0 aliphatic carbocycles. The molecule has 1 atom stereocenters. The van der Waals surface area contributed by atoms with Crippen molar-refractivity contribution in [2.75, 3.05) is 6.54 Å². The van der Waals surface area contributed by atoms with Crippen LogP contribution >= 0.6 is 15.9 Å². The Morgan fingerprint density at radius 3 is 2.82 bits per heavy atom. The molecule has 0 radical (unpaired) electrons. The zero-order valence-electron chi connectivity index (χ0n) is 12.0. The van der Waals surface area contributed by atoms with Gasteiger partial charge in [-0.25, -0.2) is 0 Å². The summed E-state index contributed by atoms with van der Waals surface area (Å²) >= 11 is 3.62. The smallest absolute Gasteiger partial charge is 0.146 e. The minimum Gasteiger partial charge on any atom is -0.508 e. The number of phenols is 1. The number of rotatable bonds is 4. The molecule has 1 aromatic carbocycles. The van der Waals surface area contributed by atoms with Crippen LogP contribution in [0, 0.1) is 0 Å². The van der Waals surface area contributed by atoms with Crippen molar-refractivity contribution in [1.82, 2.24) is 10.3 Å². The van der Waals surface area contributed by atoms with Gasteiger partial charge in [0.05, 0.1) is 6.20 Å².